The highest BCUT2D eigenvalue weighted by molar-refractivity contribution is 14.0. The number of hydrogen-bond donors (Lipinski definition) is 2. The van der Waals surface area contributed by atoms with Crippen LogP contribution >= 0.6 is 24.0 Å². The molecule has 1 saturated carbocycles. The fourth-order valence-electron chi connectivity index (χ4n) is 4.30. The van der Waals surface area contributed by atoms with Crippen LogP contribution in [0.1, 0.15) is 50.5 Å². The zero-order valence-electron chi connectivity index (χ0n) is 18.4. The van der Waals surface area contributed by atoms with Crippen LogP contribution < -0.4 is 15.4 Å². The molecule has 1 aromatic carbocycles. The number of carbonyl (C=O) groups excluding carboxylic acids is 1. The number of piperidine rings is 1. The maximum absolute atomic E-state index is 11.6. The summed E-state index contributed by atoms with van der Waals surface area (Å²) in [6.45, 7) is 2.76. The van der Waals surface area contributed by atoms with Gasteiger partial charge in [-0.1, -0.05) is 12.1 Å². The molecule has 2 aliphatic rings. The first kappa shape index (κ1) is 24.8. The van der Waals surface area contributed by atoms with Crippen molar-refractivity contribution in [1.29, 1.82) is 0 Å². The molecule has 6 nitrogen and oxygen atoms in total. The van der Waals surface area contributed by atoms with E-state index in [1.54, 1.807) is 7.05 Å². The number of hydrogen-bond acceptors (Lipinski definition) is 3. The highest BCUT2D eigenvalue weighted by Gasteiger charge is 2.23. The average molecular weight is 528 g/mol. The predicted molar refractivity (Wildman–Crippen MR) is 133 cm³/mol. The first-order valence-electron chi connectivity index (χ1n) is 11.1. The molecule has 0 unspecified atom stereocenters. The fourth-order valence-corrected chi connectivity index (χ4v) is 4.30. The number of guanidine groups is 1. The Kier molecular flexibility index (Phi) is 10.7. The van der Waals surface area contributed by atoms with Gasteiger partial charge in [0, 0.05) is 40.2 Å². The van der Waals surface area contributed by atoms with Gasteiger partial charge in [0.05, 0.1) is 6.10 Å². The van der Waals surface area contributed by atoms with Crippen molar-refractivity contribution < 1.29 is 9.53 Å². The summed E-state index contributed by atoms with van der Waals surface area (Å²) in [4.78, 5) is 18.3. The van der Waals surface area contributed by atoms with Crippen molar-refractivity contribution in [1.82, 2.24) is 15.5 Å². The molecule has 1 amide bonds. The molecule has 1 heterocycles. The minimum atomic E-state index is 0. The van der Waals surface area contributed by atoms with Gasteiger partial charge in [0.2, 0.25) is 5.91 Å². The number of ether oxygens (including phenoxy) is 1. The molecular weight excluding hydrogens is 491 g/mol. The van der Waals surface area contributed by atoms with Gasteiger partial charge in [0.25, 0.3) is 0 Å². The van der Waals surface area contributed by atoms with Crippen LogP contribution in [0.2, 0.25) is 0 Å². The number of carbonyl (C=O) groups is 1. The summed E-state index contributed by atoms with van der Waals surface area (Å²) >= 11 is 0. The van der Waals surface area contributed by atoms with Crippen molar-refractivity contribution in [2.24, 2.45) is 10.9 Å². The van der Waals surface area contributed by atoms with Crippen molar-refractivity contribution in [2.45, 2.75) is 57.5 Å². The third-order valence-corrected chi connectivity index (χ3v) is 6.10. The second-order valence-electron chi connectivity index (χ2n) is 8.20. The molecule has 7 heteroatoms. The Hall–Kier alpha value is -1.51. The number of aliphatic imine (C=N–C) groups is 1. The standard InChI is InChI=1S/C23H36N4O2.HI/c1-24-22(28)17-19-12-15-27(16-13-19)23(25-2)26-14-11-18-7-9-21(10-8-18)29-20-5-3-4-6-20;/h7-10,19-20H,3-6,11-17H2,1-2H3,(H,24,28)(H,25,26);1H. The number of nitrogens with one attached hydrogen (secondary N) is 2. The van der Waals surface area contributed by atoms with Crippen molar-refractivity contribution >= 4 is 35.8 Å². The molecule has 0 bridgehead atoms. The number of nitrogens with zero attached hydrogens (tertiary/aromatic N) is 2. The largest absolute Gasteiger partial charge is 0.490 e. The Morgan fingerprint density at radius 1 is 1.13 bits per heavy atom. The molecule has 1 aromatic rings. The fraction of sp³-hybridized carbons (Fsp3) is 0.652. The topological polar surface area (TPSA) is 66.0 Å². The van der Waals surface area contributed by atoms with Crippen molar-refractivity contribution in [3.63, 3.8) is 0 Å². The summed E-state index contributed by atoms with van der Waals surface area (Å²) in [6, 6.07) is 8.53. The Labute approximate surface area is 198 Å². The average Bonchev–Trinajstić information content (AvgIpc) is 3.26. The molecule has 2 N–H and O–H groups in total. The van der Waals surface area contributed by atoms with E-state index in [0.717, 1.165) is 50.6 Å². The van der Waals surface area contributed by atoms with E-state index in [1.807, 2.05) is 7.05 Å². The van der Waals surface area contributed by atoms with Crippen LogP contribution in [0, 0.1) is 5.92 Å². The van der Waals surface area contributed by atoms with Crippen LogP contribution in [0.25, 0.3) is 0 Å². The quantitative estimate of drug-likeness (QED) is 0.323. The van der Waals surface area contributed by atoms with Crippen LogP contribution in [-0.4, -0.2) is 56.6 Å². The number of amides is 1. The molecule has 0 spiro atoms. The molecule has 1 saturated heterocycles. The van der Waals surface area contributed by atoms with Crippen LogP contribution in [-0.2, 0) is 11.2 Å². The SMILES string of the molecule is CN=C(NCCc1ccc(OC2CCCC2)cc1)N1CCC(CC(=O)NC)CC1.I. The Bertz CT molecular complexity index is 666. The van der Waals surface area contributed by atoms with E-state index in [0.29, 0.717) is 18.4 Å². The molecular formula is C23H37IN4O2. The van der Waals surface area contributed by atoms with Gasteiger partial charge in [0.15, 0.2) is 5.96 Å². The molecule has 1 aliphatic heterocycles. The van der Waals surface area contributed by atoms with Gasteiger partial charge < -0.3 is 20.3 Å². The molecule has 0 radical (unpaired) electrons. The van der Waals surface area contributed by atoms with E-state index >= 15 is 0 Å². The van der Waals surface area contributed by atoms with Gasteiger partial charge in [-0.25, -0.2) is 0 Å². The van der Waals surface area contributed by atoms with E-state index in [2.05, 4.69) is 44.8 Å². The number of halogens is 1. The zero-order valence-corrected chi connectivity index (χ0v) is 20.7. The van der Waals surface area contributed by atoms with Crippen LogP contribution in [0.3, 0.4) is 0 Å². The van der Waals surface area contributed by atoms with Gasteiger partial charge >= 0.3 is 0 Å². The first-order chi connectivity index (χ1) is 14.2. The highest BCUT2D eigenvalue weighted by Crippen LogP contribution is 2.24. The summed E-state index contributed by atoms with van der Waals surface area (Å²) in [5, 5.41) is 6.22. The van der Waals surface area contributed by atoms with Gasteiger partial charge in [-0.2, -0.15) is 0 Å². The first-order valence-corrected chi connectivity index (χ1v) is 11.1. The van der Waals surface area contributed by atoms with E-state index < -0.39 is 0 Å². The van der Waals surface area contributed by atoms with E-state index in [1.165, 1.54) is 31.2 Å². The summed E-state index contributed by atoms with van der Waals surface area (Å²) < 4.78 is 6.04. The number of benzene rings is 1. The smallest absolute Gasteiger partial charge is 0.220 e. The lowest BCUT2D eigenvalue weighted by atomic mass is 9.93. The monoisotopic (exact) mass is 528 g/mol. The minimum absolute atomic E-state index is 0. The molecule has 1 aliphatic carbocycles. The zero-order chi connectivity index (χ0) is 20.5. The van der Waals surface area contributed by atoms with E-state index in [4.69, 9.17) is 4.74 Å². The van der Waals surface area contributed by atoms with Crippen LogP contribution in [0.15, 0.2) is 29.3 Å². The summed E-state index contributed by atoms with van der Waals surface area (Å²) in [5.74, 6) is 2.58. The predicted octanol–water partition coefficient (Wildman–Crippen LogP) is 3.59. The lowest BCUT2D eigenvalue weighted by Crippen LogP contribution is -2.46. The lowest BCUT2D eigenvalue weighted by molar-refractivity contribution is -0.121. The van der Waals surface area contributed by atoms with Gasteiger partial charge in [-0.15, -0.1) is 24.0 Å². The van der Waals surface area contributed by atoms with Gasteiger partial charge in [-0.05, 0) is 68.6 Å². The maximum Gasteiger partial charge on any atom is 0.220 e. The Balaban J connectivity index is 0.00000320. The van der Waals surface area contributed by atoms with E-state index in [9.17, 15) is 4.79 Å². The third-order valence-electron chi connectivity index (χ3n) is 6.10. The van der Waals surface area contributed by atoms with E-state index in [-0.39, 0.29) is 29.9 Å². The normalized spacial score (nSPS) is 18.1. The number of rotatable bonds is 7. The summed E-state index contributed by atoms with van der Waals surface area (Å²) in [6.07, 6.45) is 9.04. The third kappa shape index (κ3) is 7.63. The number of likely N-dealkylation sites (tertiary alicyclic amines) is 1. The van der Waals surface area contributed by atoms with Crippen molar-refractivity contribution in [3.05, 3.63) is 29.8 Å². The maximum atomic E-state index is 11.6. The molecule has 3 rings (SSSR count). The molecule has 0 aromatic heterocycles. The van der Waals surface area contributed by atoms with Crippen molar-refractivity contribution in [3.8, 4) is 5.75 Å². The molecule has 168 valence electrons. The summed E-state index contributed by atoms with van der Waals surface area (Å²) in [5.41, 5.74) is 1.30. The minimum Gasteiger partial charge on any atom is -0.490 e. The second-order valence-corrected chi connectivity index (χ2v) is 8.20. The van der Waals surface area contributed by atoms with Crippen LogP contribution in [0.5, 0.6) is 5.75 Å². The molecule has 30 heavy (non-hydrogen) atoms. The summed E-state index contributed by atoms with van der Waals surface area (Å²) in [7, 11) is 3.55. The Morgan fingerprint density at radius 3 is 2.40 bits per heavy atom. The Morgan fingerprint density at radius 2 is 1.80 bits per heavy atom. The van der Waals surface area contributed by atoms with Crippen molar-refractivity contribution in [2.75, 3.05) is 33.7 Å². The lowest BCUT2D eigenvalue weighted by Gasteiger charge is -2.34. The molecule has 2 fully saturated rings. The highest BCUT2D eigenvalue weighted by atomic mass is 127. The van der Waals surface area contributed by atoms with Gasteiger partial charge in [-0.3, -0.25) is 9.79 Å². The van der Waals surface area contributed by atoms with Crippen LogP contribution in [0.4, 0.5) is 0 Å². The van der Waals surface area contributed by atoms with Gasteiger partial charge in [0.1, 0.15) is 5.75 Å². The second kappa shape index (κ2) is 13.0. The molecule has 0 atom stereocenters.